The van der Waals surface area contributed by atoms with Gasteiger partial charge >= 0.3 is 0 Å². The van der Waals surface area contributed by atoms with Gasteiger partial charge in [-0.3, -0.25) is 9.59 Å². The Morgan fingerprint density at radius 2 is 1.00 bits per heavy atom. The lowest BCUT2D eigenvalue weighted by molar-refractivity contribution is -0.122. The van der Waals surface area contributed by atoms with E-state index in [1.807, 2.05) is 0 Å². The van der Waals surface area contributed by atoms with Crippen LogP contribution in [0.25, 0.3) is 0 Å². The van der Waals surface area contributed by atoms with Crippen LogP contribution in [0.15, 0.2) is 0 Å². The van der Waals surface area contributed by atoms with Crippen LogP contribution < -0.4 is 5.32 Å². The number of hydrogen-bond acceptors (Lipinski definition) is 4. The van der Waals surface area contributed by atoms with Gasteiger partial charge in [0.15, 0.2) is 13.4 Å². The molecule has 0 aromatic rings. The summed E-state index contributed by atoms with van der Waals surface area (Å²) >= 11 is 1.33. The van der Waals surface area contributed by atoms with Gasteiger partial charge in [0.1, 0.15) is 0 Å². The highest BCUT2D eigenvalue weighted by Crippen LogP contribution is 2.38. The summed E-state index contributed by atoms with van der Waals surface area (Å²) in [5, 5.41) is 3.56. The van der Waals surface area contributed by atoms with Crippen molar-refractivity contribution in [1.29, 1.82) is 0 Å². The summed E-state index contributed by atoms with van der Waals surface area (Å²) in [6, 6.07) is -0.128. The molecule has 0 saturated heterocycles. The summed E-state index contributed by atoms with van der Waals surface area (Å²) in [5.74, 6) is 2.37. The van der Waals surface area contributed by atoms with Gasteiger partial charge in [0, 0.05) is 19.1 Å². The fraction of sp³-hybridized carbons (Fsp3) is 0.950. The van der Waals surface area contributed by atoms with E-state index in [4.69, 9.17) is 4.43 Å². The first kappa shape index (κ1) is 45.7. The first-order valence-electron chi connectivity index (χ1n) is 19.8. The molecule has 0 radical (unpaired) electrons. The smallest absolute Gasteiger partial charge is 0.220 e. The van der Waals surface area contributed by atoms with Gasteiger partial charge in [0.05, 0.1) is 12.1 Å². The molecule has 0 spiro atoms. The minimum Gasteiger partial charge on any atom is -0.412 e. The van der Waals surface area contributed by atoms with Crippen molar-refractivity contribution in [3.8, 4) is 0 Å². The van der Waals surface area contributed by atoms with Gasteiger partial charge in [0.2, 0.25) is 5.91 Å². The van der Waals surface area contributed by atoms with Gasteiger partial charge in [-0.25, -0.2) is 0 Å². The highest BCUT2D eigenvalue weighted by Gasteiger charge is 2.41. The van der Waals surface area contributed by atoms with Gasteiger partial charge in [0.25, 0.3) is 0 Å². The number of thioether (sulfide) groups is 1. The Bertz CT molecular complexity index is 749. The molecule has 0 bridgehead atoms. The van der Waals surface area contributed by atoms with E-state index in [2.05, 4.69) is 66.9 Å². The minimum absolute atomic E-state index is 0.0433. The number of unbranched alkanes of at least 4 members (excludes halogenated alkanes) is 16. The topological polar surface area (TPSA) is 55.4 Å². The molecule has 6 heteroatoms. The third-order valence-corrected chi connectivity index (χ3v) is 15.4. The molecule has 0 aliphatic heterocycles. The number of amides is 1. The second-order valence-corrected chi connectivity index (χ2v) is 22.6. The normalized spacial score (nSPS) is 13.8. The summed E-state index contributed by atoms with van der Waals surface area (Å²) in [6.07, 6.45) is 27.3. The van der Waals surface area contributed by atoms with Crippen molar-refractivity contribution in [2.45, 2.75) is 227 Å². The van der Waals surface area contributed by atoms with Crippen molar-refractivity contribution < 1.29 is 14.0 Å². The quantitative estimate of drug-likeness (QED) is 0.0605. The fourth-order valence-electron chi connectivity index (χ4n) is 5.84. The van der Waals surface area contributed by atoms with E-state index >= 15 is 0 Å². The van der Waals surface area contributed by atoms with Crippen LogP contribution in [0.1, 0.15) is 197 Å². The largest absolute Gasteiger partial charge is 0.412 e. The van der Waals surface area contributed by atoms with E-state index in [1.165, 1.54) is 121 Å². The number of nitrogens with one attached hydrogen (secondary N) is 1. The van der Waals surface area contributed by atoms with Gasteiger partial charge in [-0.1, -0.05) is 182 Å². The maximum absolute atomic E-state index is 13.2. The Labute approximate surface area is 294 Å². The van der Waals surface area contributed by atoms with E-state index in [0.717, 1.165) is 37.5 Å². The van der Waals surface area contributed by atoms with Crippen LogP contribution in [0.5, 0.6) is 0 Å². The lowest BCUT2D eigenvalue weighted by Gasteiger charge is -2.41. The number of carbonyl (C=O) groups is 2. The number of rotatable bonds is 30. The van der Waals surface area contributed by atoms with Gasteiger partial charge < -0.3 is 9.74 Å². The van der Waals surface area contributed by atoms with E-state index < -0.39 is 8.32 Å². The SMILES string of the molecule is CC(=O)SC[C@H](NC(=O)CCCCCCCCCCCC(C)C)[C@@H](CCCCCCCCCCCC(C)C)O[Si](C)(C)C(C)(C)C. The van der Waals surface area contributed by atoms with Crippen molar-refractivity contribution in [3.63, 3.8) is 0 Å². The standard InChI is InChI=1S/C40H81NO3SSi/c1-34(2)29-25-21-17-13-11-15-19-23-27-31-38(44-46(9,10)40(6,7)8)37(33-45-36(5)42)41-39(43)32-28-24-20-16-12-14-18-22-26-30-35(3)4/h34-35,37-38H,11-33H2,1-10H3,(H,41,43)/t37-,38+/m0/s1. The Balaban J connectivity index is 4.80. The van der Waals surface area contributed by atoms with E-state index in [-0.39, 0.29) is 28.2 Å². The van der Waals surface area contributed by atoms with Crippen molar-refractivity contribution in [3.05, 3.63) is 0 Å². The maximum atomic E-state index is 13.2. The third-order valence-electron chi connectivity index (χ3n) is 9.97. The van der Waals surface area contributed by atoms with Crippen molar-refractivity contribution >= 4 is 31.1 Å². The zero-order valence-electron chi connectivity index (χ0n) is 32.7. The first-order valence-corrected chi connectivity index (χ1v) is 23.7. The van der Waals surface area contributed by atoms with Crippen molar-refractivity contribution in [1.82, 2.24) is 5.32 Å². The van der Waals surface area contributed by atoms with Crippen LogP contribution in [0.2, 0.25) is 18.1 Å². The van der Waals surface area contributed by atoms with Gasteiger partial charge in [-0.15, -0.1) is 0 Å². The summed E-state index contributed by atoms with van der Waals surface area (Å²) < 4.78 is 7.01. The predicted octanol–water partition coefficient (Wildman–Crippen LogP) is 13.0. The van der Waals surface area contributed by atoms with Crippen LogP contribution in [0.4, 0.5) is 0 Å². The van der Waals surface area contributed by atoms with Crippen molar-refractivity contribution in [2.75, 3.05) is 5.75 Å². The predicted molar refractivity (Wildman–Crippen MR) is 208 cm³/mol. The molecule has 2 atom stereocenters. The van der Waals surface area contributed by atoms with Crippen LogP contribution in [0.3, 0.4) is 0 Å². The average Bonchev–Trinajstić information content (AvgIpc) is 2.95. The van der Waals surface area contributed by atoms with Crippen LogP contribution >= 0.6 is 11.8 Å². The first-order chi connectivity index (χ1) is 21.7. The molecule has 0 saturated carbocycles. The van der Waals surface area contributed by atoms with E-state index in [1.54, 1.807) is 6.92 Å². The van der Waals surface area contributed by atoms with Crippen LogP contribution in [-0.2, 0) is 14.0 Å². The average molecular weight is 684 g/mol. The molecule has 46 heavy (non-hydrogen) atoms. The summed E-state index contributed by atoms with van der Waals surface area (Å²) in [6.45, 7) is 22.4. The number of hydrogen-bond donors (Lipinski definition) is 1. The maximum Gasteiger partial charge on any atom is 0.220 e. The summed E-state index contributed by atoms with van der Waals surface area (Å²) in [4.78, 5) is 25.2. The lowest BCUT2D eigenvalue weighted by atomic mass is 10.0. The molecule has 0 unspecified atom stereocenters. The Morgan fingerprint density at radius 3 is 1.37 bits per heavy atom. The van der Waals surface area contributed by atoms with E-state index in [9.17, 15) is 9.59 Å². The second kappa shape index (κ2) is 27.5. The highest BCUT2D eigenvalue weighted by atomic mass is 32.2. The molecule has 0 aliphatic rings. The summed E-state index contributed by atoms with van der Waals surface area (Å²) in [5.41, 5.74) is 0. The van der Waals surface area contributed by atoms with Gasteiger partial charge in [-0.2, -0.15) is 0 Å². The highest BCUT2D eigenvalue weighted by molar-refractivity contribution is 8.13. The molecular weight excluding hydrogens is 603 g/mol. The molecule has 274 valence electrons. The van der Waals surface area contributed by atoms with Crippen molar-refractivity contribution in [2.24, 2.45) is 11.8 Å². The zero-order chi connectivity index (χ0) is 34.8. The molecule has 0 rings (SSSR count). The molecule has 0 aromatic carbocycles. The summed E-state index contributed by atoms with van der Waals surface area (Å²) in [7, 11) is -2.05. The molecule has 1 N–H and O–H groups in total. The Kier molecular flexibility index (Phi) is 27.3. The Hall–Kier alpha value is -0.333. The fourth-order valence-corrected chi connectivity index (χ4v) is 7.94. The molecular formula is C40H81NO3SSi. The monoisotopic (exact) mass is 684 g/mol. The van der Waals surface area contributed by atoms with Crippen LogP contribution in [0, 0.1) is 11.8 Å². The third kappa shape index (κ3) is 26.6. The second-order valence-electron chi connectivity index (χ2n) is 16.7. The minimum atomic E-state index is -2.05. The number of carbonyl (C=O) groups excluding carboxylic acids is 2. The molecule has 0 heterocycles. The van der Waals surface area contributed by atoms with E-state index in [0.29, 0.717) is 12.2 Å². The molecule has 0 fully saturated rings. The molecule has 1 amide bonds. The Morgan fingerprint density at radius 1 is 0.630 bits per heavy atom. The van der Waals surface area contributed by atoms with Gasteiger partial charge in [-0.05, 0) is 42.8 Å². The molecule has 4 nitrogen and oxygen atoms in total. The molecule has 0 aromatic heterocycles. The zero-order valence-corrected chi connectivity index (χ0v) is 34.5. The lowest BCUT2D eigenvalue weighted by Crippen LogP contribution is -2.52. The van der Waals surface area contributed by atoms with Crippen LogP contribution in [-0.4, -0.2) is 37.2 Å². The molecule has 0 aliphatic carbocycles.